The molecule has 136 valence electrons. The first-order valence-electron chi connectivity index (χ1n) is 7.88. The summed E-state index contributed by atoms with van der Waals surface area (Å²) in [4.78, 5) is 13.0. The smallest absolute Gasteiger partial charge is 0.663 e. The van der Waals surface area contributed by atoms with Crippen molar-refractivity contribution in [3.8, 4) is 0 Å². The Balaban J connectivity index is 0.000000339. The van der Waals surface area contributed by atoms with Crippen LogP contribution in [-0.2, 0) is 17.1 Å². The van der Waals surface area contributed by atoms with E-state index in [2.05, 4.69) is 15.0 Å². The molecule has 0 aliphatic carbocycles. The van der Waals surface area contributed by atoms with Gasteiger partial charge in [0, 0.05) is 18.0 Å². The van der Waals surface area contributed by atoms with Crippen molar-refractivity contribution in [1.82, 2.24) is 9.97 Å². The predicted octanol–water partition coefficient (Wildman–Crippen LogP) is 2.57. The fraction of sp³-hybridized carbons (Fsp3) is 0.263. The average molecular weight is 388 g/mol. The van der Waals surface area contributed by atoms with Gasteiger partial charge in [0.2, 0.25) is 0 Å². The summed E-state index contributed by atoms with van der Waals surface area (Å²) in [5.41, 5.74) is 3.68. The standard InChI is InChI=1S/C14H10N3.C5H12O2.Cu/c1-2-8-15-11(5-1)14(12-6-3-9-16-12)13-7-4-10-17-13;1-4(6)3-5(2)7;/h1-10H;4-7H,3H2,1-2H3;/q-1;;+1. The molecule has 0 amide bonds. The molecule has 2 unspecified atom stereocenters. The van der Waals surface area contributed by atoms with Crippen molar-refractivity contribution in [3.63, 3.8) is 0 Å². The molecule has 2 N–H and O–H groups in total. The molecule has 0 fully saturated rings. The van der Waals surface area contributed by atoms with E-state index in [0.717, 1.165) is 22.7 Å². The molecule has 0 saturated carbocycles. The fourth-order valence-corrected chi connectivity index (χ4v) is 2.29. The summed E-state index contributed by atoms with van der Waals surface area (Å²) in [6.07, 6.45) is 8.95. The number of hydrogen-bond acceptors (Lipinski definition) is 4. The summed E-state index contributed by atoms with van der Waals surface area (Å²) in [5.74, 6) is 0. The second-order valence-electron chi connectivity index (χ2n) is 5.57. The zero-order chi connectivity index (χ0) is 17.4. The fourth-order valence-electron chi connectivity index (χ4n) is 2.29. The molecule has 5 nitrogen and oxygen atoms in total. The molecule has 0 bridgehead atoms. The minimum absolute atomic E-state index is 0. The van der Waals surface area contributed by atoms with Gasteiger partial charge in [0.05, 0.1) is 23.6 Å². The van der Waals surface area contributed by atoms with Crippen LogP contribution in [0.25, 0.3) is 5.57 Å². The van der Waals surface area contributed by atoms with E-state index < -0.39 is 0 Å². The van der Waals surface area contributed by atoms with Gasteiger partial charge < -0.3 is 15.2 Å². The van der Waals surface area contributed by atoms with Crippen molar-refractivity contribution < 1.29 is 27.3 Å². The molecule has 6 heteroatoms. The predicted molar refractivity (Wildman–Crippen MR) is 95.6 cm³/mol. The van der Waals surface area contributed by atoms with Crippen LogP contribution >= 0.6 is 0 Å². The number of pyridine rings is 1. The molecule has 3 rings (SSSR count). The van der Waals surface area contributed by atoms with E-state index in [1.54, 1.807) is 32.5 Å². The number of hydrogen-bond donors (Lipinski definition) is 2. The third kappa shape index (κ3) is 6.80. The topological polar surface area (TPSA) is 79.8 Å². The second kappa shape index (κ2) is 10.8. The molecule has 0 saturated heterocycles. The molecule has 0 spiro atoms. The third-order valence-electron chi connectivity index (χ3n) is 3.22. The Hall–Kier alpha value is -1.98. The van der Waals surface area contributed by atoms with Gasteiger partial charge in [-0.1, -0.05) is 18.2 Å². The summed E-state index contributed by atoms with van der Waals surface area (Å²) in [6, 6.07) is 9.73. The summed E-state index contributed by atoms with van der Waals surface area (Å²) in [5, 5.41) is 17.1. The Bertz CT molecular complexity index is 686. The van der Waals surface area contributed by atoms with Gasteiger partial charge in [0.1, 0.15) is 0 Å². The van der Waals surface area contributed by atoms with E-state index in [0.29, 0.717) is 6.42 Å². The van der Waals surface area contributed by atoms with Crippen LogP contribution in [0.15, 0.2) is 65.6 Å². The quantitative estimate of drug-likeness (QED) is 0.790. The van der Waals surface area contributed by atoms with Crippen LogP contribution in [0, 0.1) is 0 Å². The van der Waals surface area contributed by atoms with Crippen LogP contribution in [0.4, 0.5) is 0 Å². The number of nitrogens with zero attached hydrogens (tertiary/aromatic N) is 3. The molecular weight excluding hydrogens is 366 g/mol. The van der Waals surface area contributed by atoms with E-state index in [4.69, 9.17) is 10.2 Å². The first-order chi connectivity index (χ1) is 11.6. The monoisotopic (exact) mass is 387 g/mol. The Morgan fingerprint density at radius 1 is 1.12 bits per heavy atom. The Labute approximate surface area is 158 Å². The number of rotatable bonds is 4. The maximum atomic E-state index is 8.56. The van der Waals surface area contributed by atoms with Gasteiger partial charge in [-0.3, -0.25) is 9.98 Å². The maximum Gasteiger partial charge on any atom is 1.00 e. The normalized spacial score (nSPS) is 16.5. The minimum atomic E-state index is -0.375. The van der Waals surface area contributed by atoms with Crippen molar-refractivity contribution in [2.75, 3.05) is 0 Å². The Morgan fingerprint density at radius 2 is 1.88 bits per heavy atom. The summed E-state index contributed by atoms with van der Waals surface area (Å²) in [6.45, 7) is 3.32. The van der Waals surface area contributed by atoms with Crippen LogP contribution in [0.2, 0.25) is 0 Å². The van der Waals surface area contributed by atoms with E-state index in [1.807, 2.05) is 42.5 Å². The van der Waals surface area contributed by atoms with Crippen molar-refractivity contribution in [1.29, 1.82) is 0 Å². The molecule has 2 aromatic heterocycles. The molecule has 0 radical (unpaired) electrons. The SMILES string of the molecule is C1=CC(=C(c2ccccn2)c2ccc[n-]2)N=C1.CC(O)CC(C)O.[Cu+]. The first-order valence-corrected chi connectivity index (χ1v) is 7.88. The Morgan fingerprint density at radius 3 is 2.32 bits per heavy atom. The van der Waals surface area contributed by atoms with Crippen molar-refractivity contribution >= 4 is 11.8 Å². The second-order valence-corrected chi connectivity index (χ2v) is 5.57. The molecule has 25 heavy (non-hydrogen) atoms. The van der Waals surface area contributed by atoms with Crippen molar-refractivity contribution in [3.05, 3.63) is 72.0 Å². The van der Waals surface area contributed by atoms with Gasteiger partial charge in [0.15, 0.2) is 0 Å². The number of aliphatic imine (C=N–C) groups is 1. The van der Waals surface area contributed by atoms with Gasteiger partial charge >= 0.3 is 17.1 Å². The number of aliphatic hydroxyl groups is 2. The van der Waals surface area contributed by atoms with Gasteiger partial charge in [-0.15, -0.1) is 5.69 Å². The van der Waals surface area contributed by atoms with Crippen LogP contribution < -0.4 is 4.98 Å². The number of allylic oxidation sites excluding steroid dienone is 2. The van der Waals surface area contributed by atoms with Crippen LogP contribution in [0.5, 0.6) is 0 Å². The third-order valence-corrected chi connectivity index (χ3v) is 3.22. The Kier molecular flexibility index (Phi) is 9.10. The molecule has 1 aliphatic heterocycles. The van der Waals surface area contributed by atoms with Gasteiger partial charge in [-0.05, 0) is 44.6 Å². The molecule has 3 heterocycles. The number of aromatic nitrogens is 2. The van der Waals surface area contributed by atoms with Crippen molar-refractivity contribution in [2.45, 2.75) is 32.5 Å². The summed E-state index contributed by atoms with van der Waals surface area (Å²) < 4.78 is 0. The van der Waals surface area contributed by atoms with Crippen LogP contribution in [0.3, 0.4) is 0 Å². The van der Waals surface area contributed by atoms with Crippen LogP contribution in [-0.4, -0.2) is 33.6 Å². The molecule has 2 aromatic rings. The first kappa shape index (κ1) is 21.1. The molecule has 2 atom stereocenters. The zero-order valence-corrected chi connectivity index (χ0v) is 15.1. The van der Waals surface area contributed by atoms with Crippen LogP contribution in [0.1, 0.15) is 31.7 Å². The zero-order valence-electron chi connectivity index (χ0n) is 14.2. The van der Waals surface area contributed by atoms with Gasteiger partial charge in [-0.25, -0.2) is 0 Å². The van der Waals surface area contributed by atoms with E-state index in [9.17, 15) is 0 Å². The average Bonchev–Trinajstić information content (AvgIpc) is 3.22. The molecule has 1 aliphatic rings. The summed E-state index contributed by atoms with van der Waals surface area (Å²) in [7, 11) is 0. The van der Waals surface area contributed by atoms with E-state index in [-0.39, 0.29) is 29.3 Å². The summed E-state index contributed by atoms with van der Waals surface area (Å²) >= 11 is 0. The van der Waals surface area contributed by atoms with Gasteiger partial charge in [-0.2, -0.15) is 6.20 Å². The molecule has 0 aromatic carbocycles. The maximum absolute atomic E-state index is 8.56. The number of aliphatic hydroxyl groups excluding tert-OH is 2. The molecular formula is C19H22CuN3O2. The largest absolute Gasteiger partial charge is 1.00 e. The van der Waals surface area contributed by atoms with Gasteiger partial charge in [0.25, 0.3) is 0 Å². The van der Waals surface area contributed by atoms with Crippen molar-refractivity contribution in [2.24, 2.45) is 4.99 Å². The van der Waals surface area contributed by atoms with E-state index >= 15 is 0 Å². The van der Waals surface area contributed by atoms with E-state index in [1.165, 1.54) is 0 Å². The minimum Gasteiger partial charge on any atom is -0.663 e.